The van der Waals surface area contributed by atoms with Gasteiger partial charge in [0.2, 0.25) is 0 Å². The standard InChI is InChI=1S/C27H41BrOSi/c1-24(18-12-8-6-5-7-9-17-23-28)29-30(27(2,3)4,25-19-13-10-14-20-25)26-21-15-11-16-22-26/h10-11,13-16,19-22,24H,5-9,12,17-18,23H2,1-4H3/t24-/m0/s1. The first-order valence-corrected chi connectivity index (χ1v) is 14.8. The van der Waals surface area contributed by atoms with Crippen LogP contribution in [0.4, 0.5) is 0 Å². The molecule has 0 heterocycles. The Kier molecular flexibility index (Phi) is 10.8. The molecule has 0 N–H and O–H groups in total. The fraction of sp³-hybridized carbons (Fsp3) is 0.556. The summed E-state index contributed by atoms with van der Waals surface area (Å²) in [6.45, 7) is 9.37. The lowest BCUT2D eigenvalue weighted by Crippen LogP contribution is -2.67. The lowest BCUT2D eigenvalue weighted by molar-refractivity contribution is 0.192. The fourth-order valence-electron chi connectivity index (χ4n) is 4.46. The van der Waals surface area contributed by atoms with E-state index in [2.05, 4.69) is 104 Å². The molecule has 1 atom stereocenters. The largest absolute Gasteiger partial charge is 0.405 e. The highest BCUT2D eigenvalue weighted by Crippen LogP contribution is 2.37. The Bertz CT molecular complexity index is 656. The zero-order chi connectivity index (χ0) is 21.9. The Hall–Kier alpha value is -0.903. The van der Waals surface area contributed by atoms with Gasteiger partial charge in [-0.15, -0.1) is 0 Å². The molecule has 2 rings (SSSR count). The van der Waals surface area contributed by atoms with Crippen LogP contribution in [0.25, 0.3) is 0 Å². The van der Waals surface area contributed by atoms with Gasteiger partial charge in [-0.2, -0.15) is 0 Å². The highest BCUT2D eigenvalue weighted by atomic mass is 79.9. The van der Waals surface area contributed by atoms with Gasteiger partial charge in [0.1, 0.15) is 0 Å². The van der Waals surface area contributed by atoms with Crippen molar-refractivity contribution in [2.75, 3.05) is 5.33 Å². The van der Waals surface area contributed by atoms with E-state index in [1.165, 1.54) is 55.3 Å². The molecule has 0 radical (unpaired) electrons. The van der Waals surface area contributed by atoms with Gasteiger partial charge in [0.25, 0.3) is 8.32 Å². The van der Waals surface area contributed by atoms with Crippen molar-refractivity contribution in [2.45, 2.75) is 90.2 Å². The van der Waals surface area contributed by atoms with E-state index in [1.54, 1.807) is 0 Å². The molecule has 1 nitrogen and oxygen atoms in total. The van der Waals surface area contributed by atoms with Gasteiger partial charge in [-0.25, -0.2) is 0 Å². The van der Waals surface area contributed by atoms with E-state index in [9.17, 15) is 0 Å². The molecule has 0 spiro atoms. The van der Waals surface area contributed by atoms with Gasteiger partial charge < -0.3 is 4.43 Å². The first kappa shape index (κ1) is 25.4. The minimum Gasteiger partial charge on any atom is -0.405 e. The van der Waals surface area contributed by atoms with E-state index in [-0.39, 0.29) is 11.1 Å². The minimum atomic E-state index is -2.41. The van der Waals surface area contributed by atoms with Gasteiger partial charge in [-0.1, -0.05) is 136 Å². The maximum atomic E-state index is 7.17. The Morgan fingerprint density at radius 3 is 1.60 bits per heavy atom. The van der Waals surface area contributed by atoms with Crippen molar-refractivity contribution >= 4 is 34.6 Å². The van der Waals surface area contributed by atoms with Crippen molar-refractivity contribution in [3.63, 3.8) is 0 Å². The molecular weight excluding hydrogens is 448 g/mol. The Morgan fingerprint density at radius 2 is 1.17 bits per heavy atom. The van der Waals surface area contributed by atoms with E-state index in [4.69, 9.17) is 4.43 Å². The van der Waals surface area contributed by atoms with Crippen LogP contribution in [0.5, 0.6) is 0 Å². The van der Waals surface area contributed by atoms with Gasteiger partial charge in [0.15, 0.2) is 0 Å². The van der Waals surface area contributed by atoms with Crippen LogP contribution >= 0.6 is 15.9 Å². The molecule has 0 saturated heterocycles. The molecule has 0 unspecified atom stereocenters. The molecule has 0 aliphatic heterocycles. The van der Waals surface area contributed by atoms with Gasteiger partial charge in [0, 0.05) is 11.4 Å². The summed E-state index contributed by atoms with van der Waals surface area (Å²) < 4.78 is 7.17. The Labute approximate surface area is 194 Å². The van der Waals surface area contributed by atoms with Crippen molar-refractivity contribution < 1.29 is 4.43 Å². The van der Waals surface area contributed by atoms with Crippen LogP contribution in [0.3, 0.4) is 0 Å². The second-order valence-corrected chi connectivity index (χ2v) is 14.6. The van der Waals surface area contributed by atoms with Gasteiger partial charge in [0.05, 0.1) is 0 Å². The maximum Gasteiger partial charge on any atom is 0.261 e. The normalized spacial score (nSPS) is 13.4. The van der Waals surface area contributed by atoms with Crippen molar-refractivity contribution in [2.24, 2.45) is 0 Å². The average molecular weight is 490 g/mol. The number of unbranched alkanes of at least 4 members (excludes halogenated alkanes) is 6. The van der Waals surface area contributed by atoms with E-state index < -0.39 is 8.32 Å². The van der Waals surface area contributed by atoms with Gasteiger partial charge >= 0.3 is 0 Å². The summed E-state index contributed by atoms with van der Waals surface area (Å²) in [7, 11) is -2.41. The first-order valence-electron chi connectivity index (χ1n) is 11.8. The van der Waals surface area contributed by atoms with Crippen LogP contribution < -0.4 is 10.4 Å². The van der Waals surface area contributed by atoms with Crippen LogP contribution in [0.1, 0.15) is 79.1 Å². The van der Waals surface area contributed by atoms with Crippen LogP contribution in [0.15, 0.2) is 60.7 Å². The highest BCUT2D eigenvalue weighted by molar-refractivity contribution is 9.09. The highest BCUT2D eigenvalue weighted by Gasteiger charge is 2.50. The molecule has 0 aliphatic rings. The van der Waals surface area contributed by atoms with Crippen molar-refractivity contribution in [1.82, 2.24) is 0 Å². The summed E-state index contributed by atoms with van der Waals surface area (Å²) in [6, 6.07) is 22.0. The number of hydrogen-bond acceptors (Lipinski definition) is 1. The minimum absolute atomic E-state index is 0.0549. The zero-order valence-corrected chi connectivity index (χ0v) is 22.1. The summed E-state index contributed by atoms with van der Waals surface area (Å²) in [6.07, 6.45) is 10.8. The van der Waals surface area contributed by atoms with E-state index in [0.29, 0.717) is 0 Å². The second-order valence-electron chi connectivity index (χ2n) is 9.54. The summed E-state index contributed by atoms with van der Waals surface area (Å²) in [5.74, 6) is 0. The third-order valence-electron chi connectivity index (χ3n) is 6.04. The third kappa shape index (κ3) is 7.07. The molecule has 2 aromatic carbocycles. The quantitative estimate of drug-likeness (QED) is 0.161. The summed E-state index contributed by atoms with van der Waals surface area (Å²) in [5, 5.41) is 3.95. The molecule has 0 saturated carbocycles. The predicted molar refractivity (Wildman–Crippen MR) is 139 cm³/mol. The molecular formula is C27H41BrOSi. The SMILES string of the molecule is C[C@@H](CCCCCCCCCBr)O[Si](c1ccccc1)(c1ccccc1)C(C)(C)C. The van der Waals surface area contributed by atoms with E-state index in [1.807, 2.05) is 0 Å². The smallest absolute Gasteiger partial charge is 0.261 e. The lowest BCUT2D eigenvalue weighted by Gasteiger charge is -2.44. The topological polar surface area (TPSA) is 9.23 Å². The summed E-state index contributed by atoms with van der Waals surface area (Å²) in [4.78, 5) is 0. The molecule has 0 aromatic heterocycles. The number of alkyl halides is 1. The molecule has 0 fully saturated rings. The van der Waals surface area contributed by atoms with Crippen LogP contribution in [-0.4, -0.2) is 19.8 Å². The molecule has 0 bridgehead atoms. The third-order valence-corrected chi connectivity index (χ3v) is 11.8. The van der Waals surface area contributed by atoms with E-state index in [0.717, 1.165) is 11.8 Å². The van der Waals surface area contributed by atoms with Crippen LogP contribution in [0.2, 0.25) is 5.04 Å². The van der Waals surface area contributed by atoms with Crippen LogP contribution in [0, 0.1) is 0 Å². The monoisotopic (exact) mass is 488 g/mol. The number of benzene rings is 2. The molecule has 30 heavy (non-hydrogen) atoms. The second kappa shape index (κ2) is 12.8. The fourth-order valence-corrected chi connectivity index (χ4v) is 9.59. The molecule has 0 aliphatic carbocycles. The Balaban J connectivity index is 2.09. The van der Waals surface area contributed by atoms with Crippen molar-refractivity contribution in [1.29, 1.82) is 0 Å². The summed E-state index contributed by atoms with van der Waals surface area (Å²) >= 11 is 3.52. The number of halogens is 1. The molecule has 166 valence electrons. The van der Waals surface area contributed by atoms with Crippen molar-refractivity contribution in [3.05, 3.63) is 60.7 Å². The zero-order valence-electron chi connectivity index (χ0n) is 19.5. The summed E-state index contributed by atoms with van der Waals surface area (Å²) in [5.41, 5.74) is 0. The number of rotatable bonds is 13. The van der Waals surface area contributed by atoms with Crippen molar-refractivity contribution in [3.8, 4) is 0 Å². The molecule has 0 amide bonds. The Morgan fingerprint density at radius 1 is 0.733 bits per heavy atom. The van der Waals surface area contributed by atoms with E-state index >= 15 is 0 Å². The van der Waals surface area contributed by atoms with Gasteiger partial charge in [-0.3, -0.25) is 0 Å². The maximum absolute atomic E-state index is 7.17. The number of hydrogen-bond donors (Lipinski definition) is 0. The van der Waals surface area contributed by atoms with Gasteiger partial charge in [-0.05, 0) is 35.2 Å². The molecule has 2 aromatic rings. The average Bonchev–Trinajstić information content (AvgIpc) is 2.74. The first-order chi connectivity index (χ1) is 14.4. The molecule has 3 heteroatoms. The predicted octanol–water partition coefficient (Wildman–Crippen LogP) is 7.47. The lowest BCUT2D eigenvalue weighted by atomic mass is 10.1. The van der Waals surface area contributed by atoms with Crippen LogP contribution in [-0.2, 0) is 4.43 Å².